The minimum absolute atomic E-state index is 0.108. The highest BCUT2D eigenvalue weighted by Crippen LogP contribution is 2.28. The van der Waals surface area contributed by atoms with E-state index >= 15 is 0 Å². The highest BCUT2D eigenvalue weighted by Gasteiger charge is 2.29. The summed E-state index contributed by atoms with van der Waals surface area (Å²) in [7, 11) is 0. The van der Waals surface area contributed by atoms with Crippen LogP contribution in [0.1, 0.15) is 78.1 Å². The van der Waals surface area contributed by atoms with E-state index in [9.17, 15) is 9.59 Å². The Bertz CT molecular complexity index is 1150. The summed E-state index contributed by atoms with van der Waals surface area (Å²) in [4.78, 5) is 34.1. The summed E-state index contributed by atoms with van der Waals surface area (Å²) in [6.45, 7) is 9.07. The Morgan fingerprint density at radius 2 is 1.74 bits per heavy atom. The normalized spacial score (nSPS) is 12.3. The summed E-state index contributed by atoms with van der Waals surface area (Å²) < 4.78 is 2.64. The number of hydrogen-bond donors (Lipinski definition) is 0. The van der Waals surface area contributed by atoms with Gasteiger partial charge in [-0.05, 0) is 55.2 Å². The van der Waals surface area contributed by atoms with Gasteiger partial charge in [0, 0.05) is 17.4 Å². The van der Waals surface area contributed by atoms with Crippen LogP contribution in [0.2, 0.25) is 0 Å². The summed E-state index contributed by atoms with van der Waals surface area (Å²) in [5, 5.41) is 0.576. The fourth-order valence-corrected chi connectivity index (χ4v) is 4.65. The average Bonchev–Trinajstić information content (AvgIpc) is 2.81. The molecule has 6 heteroatoms. The van der Waals surface area contributed by atoms with E-state index in [1.807, 2.05) is 53.4 Å². The van der Waals surface area contributed by atoms with E-state index in [0.29, 0.717) is 36.1 Å². The van der Waals surface area contributed by atoms with E-state index in [1.54, 1.807) is 4.57 Å². The molecular formula is C28H36BrN3O2. The van der Waals surface area contributed by atoms with Crippen molar-refractivity contribution in [2.75, 3.05) is 6.54 Å². The van der Waals surface area contributed by atoms with Crippen molar-refractivity contribution >= 4 is 32.7 Å². The molecule has 1 atom stereocenters. The second-order valence-electron chi connectivity index (χ2n) is 9.27. The van der Waals surface area contributed by atoms with Crippen molar-refractivity contribution in [1.82, 2.24) is 14.5 Å². The van der Waals surface area contributed by atoms with Crippen molar-refractivity contribution in [1.29, 1.82) is 0 Å². The predicted octanol–water partition coefficient (Wildman–Crippen LogP) is 7.05. The lowest BCUT2D eigenvalue weighted by atomic mass is 10.0. The van der Waals surface area contributed by atoms with Gasteiger partial charge in [-0.2, -0.15) is 0 Å². The molecule has 0 saturated carbocycles. The Balaban J connectivity index is 2.18. The van der Waals surface area contributed by atoms with E-state index in [-0.39, 0.29) is 23.4 Å². The first-order valence-corrected chi connectivity index (χ1v) is 13.2. The van der Waals surface area contributed by atoms with Crippen molar-refractivity contribution in [2.24, 2.45) is 5.92 Å². The maximum atomic E-state index is 13.7. The van der Waals surface area contributed by atoms with Crippen LogP contribution >= 0.6 is 15.9 Å². The van der Waals surface area contributed by atoms with Crippen molar-refractivity contribution in [3.8, 4) is 5.69 Å². The molecule has 34 heavy (non-hydrogen) atoms. The van der Waals surface area contributed by atoms with Gasteiger partial charge in [-0.15, -0.1) is 0 Å². The van der Waals surface area contributed by atoms with E-state index in [2.05, 4.69) is 43.6 Å². The number of aromatic nitrogens is 2. The number of fused-ring (bicyclic) bond motifs is 1. The van der Waals surface area contributed by atoms with Gasteiger partial charge in [-0.1, -0.05) is 75.0 Å². The number of halogens is 1. The first kappa shape index (κ1) is 26.1. The summed E-state index contributed by atoms with van der Waals surface area (Å²) in [6, 6.07) is 14.9. The van der Waals surface area contributed by atoms with Crippen molar-refractivity contribution in [3.63, 3.8) is 0 Å². The number of benzene rings is 2. The maximum absolute atomic E-state index is 13.7. The third-order valence-corrected chi connectivity index (χ3v) is 6.63. The molecule has 0 aliphatic rings. The van der Waals surface area contributed by atoms with Gasteiger partial charge >= 0.3 is 0 Å². The Kier molecular flexibility index (Phi) is 9.45. The third kappa shape index (κ3) is 6.15. The quantitative estimate of drug-likeness (QED) is 0.252. The molecule has 0 saturated heterocycles. The number of unbranched alkanes of at least 4 members (excludes halogenated alkanes) is 3. The molecule has 1 unspecified atom stereocenters. The summed E-state index contributed by atoms with van der Waals surface area (Å²) >= 11 is 3.49. The molecule has 3 aromatic rings. The molecule has 0 N–H and O–H groups in total. The van der Waals surface area contributed by atoms with Crippen LogP contribution in [0.25, 0.3) is 16.6 Å². The second kappa shape index (κ2) is 12.3. The number of para-hydroxylation sites is 1. The molecule has 182 valence electrons. The van der Waals surface area contributed by atoms with Crippen molar-refractivity contribution in [2.45, 2.75) is 72.3 Å². The molecule has 0 spiro atoms. The SMILES string of the molecule is CCCCCCN(C(=O)CC(C)C)C(CC)c1nc2ccccc2c(=O)n1-c1ccc(Br)cc1. The molecule has 1 aromatic heterocycles. The standard InChI is InChI=1S/C28H36BrN3O2/c1-5-7-8-11-18-31(26(33)19-20(3)4)25(6-2)27-30-24-13-10-9-12-23(24)28(34)32(27)22-16-14-21(29)15-17-22/h9-10,12-17,20,25H,5-8,11,18-19H2,1-4H3. The average molecular weight is 527 g/mol. The smallest absolute Gasteiger partial charge is 0.266 e. The van der Waals surface area contributed by atoms with E-state index in [4.69, 9.17) is 4.98 Å². The van der Waals surface area contributed by atoms with Crippen molar-refractivity contribution < 1.29 is 4.79 Å². The molecule has 3 rings (SSSR count). The van der Waals surface area contributed by atoms with Crippen LogP contribution in [0.3, 0.4) is 0 Å². The van der Waals surface area contributed by atoms with Gasteiger partial charge in [0.1, 0.15) is 5.82 Å². The van der Waals surface area contributed by atoms with E-state index < -0.39 is 0 Å². The number of amides is 1. The fraction of sp³-hybridized carbons (Fsp3) is 0.464. The lowest BCUT2D eigenvalue weighted by Crippen LogP contribution is -2.39. The zero-order valence-electron chi connectivity index (χ0n) is 20.8. The second-order valence-corrected chi connectivity index (χ2v) is 10.2. The Labute approximate surface area is 211 Å². The van der Waals surface area contributed by atoms with Gasteiger partial charge in [0.05, 0.1) is 22.6 Å². The minimum atomic E-state index is -0.283. The number of nitrogens with zero attached hydrogens (tertiary/aromatic N) is 3. The molecule has 0 radical (unpaired) electrons. The first-order chi connectivity index (χ1) is 16.4. The number of hydrogen-bond acceptors (Lipinski definition) is 3. The van der Waals surface area contributed by atoms with Crippen LogP contribution in [0.5, 0.6) is 0 Å². The summed E-state index contributed by atoms with van der Waals surface area (Å²) in [6.07, 6.45) is 5.50. The predicted molar refractivity (Wildman–Crippen MR) is 143 cm³/mol. The Morgan fingerprint density at radius 1 is 1.03 bits per heavy atom. The van der Waals surface area contributed by atoms with Gasteiger partial charge < -0.3 is 4.90 Å². The van der Waals surface area contributed by atoms with Crippen LogP contribution < -0.4 is 5.56 Å². The van der Waals surface area contributed by atoms with Gasteiger partial charge in [0.15, 0.2) is 0 Å². The Hall–Kier alpha value is -2.47. The third-order valence-electron chi connectivity index (χ3n) is 6.10. The van der Waals surface area contributed by atoms with Crippen LogP contribution in [-0.4, -0.2) is 26.9 Å². The van der Waals surface area contributed by atoms with Crippen LogP contribution in [-0.2, 0) is 4.79 Å². The maximum Gasteiger partial charge on any atom is 0.266 e. The summed E-state index contributed by atoms with van der Waals surface area (Å²) in [5.41, 5.74) is 1.31. The van der Waals surface area contributed by atoms with Crippen LogP contribution in [0.4, 0.5) is 0 Å². The number of carbonyl (C=O) groups excluding carboxylic acids is 1. The molecule has 0 fully saturated rings. The zero-order chi connectivity index (χ0) is 24.7. The molecular weight excluding hydrogens is 490 g/mol. The molecule has 0 aliphatic carbocycles. The summed E-state index contributed by atoms with van der Waals surface area (Å²) in [5.74, 6) is 1.02. The molecule has 0 bridgehead atoms. The molecule has 0 aliphatic heterocycles. The number of rotatable bonds is 11. The van der Waals surface area contributed by atoms with Crippen molar-refractivity contribution in [3.05, 3.63) is 69.2 Å². The monoisotopic (exact) mass is 525 g/mol. The lowest BCUT2D eigenvalue weighted by Gasteiger charge is -2.33. The number of carbonyl (C=O) groups is 1. The van der Waals surface area contributed by atoms with Gasteiger partial charge in [-0.25, -0.2) is 4.98 Å². The highest BCUT2D eigenvalue weighted by molar-refractivity contribution is 9.10. The minimum Gasteiger partial charge on any atom is -0.332 e. The molecule has 1 heterocycles. The first-order valence-electron chi connectivity index (χ1n) is 12.4. The lowest BCUT2D eigenvalue weighted by molar-refractivity contribution is -0.135. The van der Waals surface area contributed by atoms with E-state index in [0.717, 1.165) is 35.8 Å². The highest BCUT2D eigenvalue weighted by atomic mass is 79.9. The van der Waals surface area contributed by atoms with Gasteiger partial charge in [0.25, 0.3) is 5.56 Å². The molecule has 1 amide bonds. The Morgan fingerprint density at radius 3 is 2.38 bits per heavy atom. The topological polar surface area (TPSA) is 55.2 Å². The van der Waals surface area contributed by atoms with Gasteiger partial charge in [-0.3, -0.25) is 14.2 Å². The van der Waals surface area contributed by atoms with E-state index in [1.165, 1.54) is 0 Å². The largest absolute Gasteiger partial charge is 0.332 e. The van der Waals surface area contributed by atoms with Crippen LogP contribution in [0.15, 0.2) is 57.8 Å². The zero-order valence-corrected chi connectivity index (χ0v) is 22.3. The van der Waals surface area contributed by atoms with Gasteiger partial charge in [0.2, 0.25) is 5.91 Å². The van der Waals surface area contributed by atoms with Crippen LogP contribution in [0, 0.1) is 5.92 Å². The molecule has 2 aromatic carbocycles. The molecule has 5 nitrogen and oxygen atoms in total. The fourth-order valence-electron chi connectivity index (χ4n) is 4.39.